The van der Waals surface area contributed by atoms with Crippen LogP contribution in [0.25, 0.3) is 0 Å². The summed E-state index contributed by atoms with van der Waals surface area (Å²) in [6.45, 7) is 0. The van der Waals surface area contributed by atoms with Crippen LogP contribution in [0.2, 0.25) is 0 Å². The van der Waals surface area contributed by atoms with E-state index in [0.717, 1.165) is 10.8 Å². The lowest BCUT2D eigenvalue weighted by molar-refractivity contribution is 0.272. The highest BCUT2D eigenvalue weighted by atomic mass is 14.7. The molecule has 2 spiro atoms. The minimum atomic E-state index is 0.849. The van der Waals surface area contributed by atoms with Gasteiger partial charge in [-0.3, -0.25) is 0 Å². The fourth-order valence-corrected chi connectivity index (χ4v) is 2.82. The molecule has 54 valence electrons. The maximum atomic E-state index is 2.41. The third kappa shape index (κ3) is 0.457. The summed E-state index contributed by atoms with van der Waals surface area (Å²) in [6.07, 6.45) is 13.8. The summed E-state index contributed by atoms with van der Waals surface area (Å²) < 4.78 is 0. The van der Waals surface area contributed by atoms with Crippen LogP contribution in [-0.2, 0) is 0 Å². The molecular formula is C10H14. The topological polar surface area (TPSA) is 0 Å². The van der Waals surface area contributed by atoms with Gasteiger partial charge in [-0.05, 0) is 49.4 Å². The Kier molecular flexibility index (Phi) is 0.725. The minimum Gasteiger partial charge on any atom is -0.0879 e. The van der Waals surface area contributed by atoms with Crippen LogP contribution >= 0.6 is 0 Å². The van der Waals surface area contributed by atoms with Gasteiger partial charge < -0.3 is 0 Å². The Hall–Kier alpha value is -0.260. The highest BCUT2D eigenvalue weighted by Gasteiger charge is 2.64. The number of rotatable bonds is 0. The fraction of sp³-hybridized carbons (Fsp3) is 0.800. The first-order valence-electron chi connectivity index (χ1n) is 4.52. The zero-order valence-electron chi connectivity index (χ0n) is 6.40. The second-order valence-corrected chi connectivity index (χ2v) is 4.44. The maximum Gasteiger partial charge on any atom is -0.0203 e. The molecule has 0 aromatic carbocycles. The molecule has 0 bridgehead atoms. The molecule has 0 aliphatic heterocycles. The molecule has 0 unspecified atom stereocenters. The van der Waals surface area contributed by atoms with Crippen LogP contribution in [0.5, 0.6) is 0 Å². The van der Waals surface area contributed by atoms with Crippen molar-refractivity contribution in [3.05, 3.63) is 12.2 Å². The molecule has 0 aromatic rings. The van der Waals surface area contributed by atoms with Crippen molar-refractivity contribution < 1.29 is 0 Å². The van der Waals surface area contributed by atoms with Gasteiger partial charge in [0.25, 0.3) is 0 Å². The molecule has 3 rings (SSSR count). The van der Waals surface area contributed by atoms with E-state index < -0.39 is 0 Å². The van der Waals surface area contributed by atoms with Crippen molar-refractivity contribution in [1.82, 2.24) is 0 Å². The summed E-state index contributed by atoms with van der Waals surface area (Å²) in [4.78, 5) is 0. The normalized spacial score (nSPS) is 36.8. The van der Waals surface area contributed by atoms with E-state index in [2.05, 4.69) is 12.2 Å². The van der Waals surface area contributed by atoms with E-state index in [1.54, 1.807) is 0 Å². The second-order valence-electron chi connectivity index (χ2n) is 4.44. The molecule has 0 heterocycles. The van der Waals surface area contributed by atoms with Crippen LogP contribution in [0.4, 0.5) is 0 Å². The van der Waals surface area contributed by atoms with E-state index >= 15 is 0 Å². The summed E-state index contributed by atoms with van der Waals surface area (Å²) in [6, 6.07) is 0. The SMILES string of the molecule is C1=CCC2(CC2)C2(C1)CC2. The molecule has 0 saturated heterocycles. The number of fused-ring (bicyclic) bond motifs is 1. The molecule has 0 radical (unpaired) electrons. The predicted molar refractivity (Wildman–Crippen MR) is 41.7 cm³/mol. The van der Waals surface area contributed by atoms with E-state index in [1.165, 1.54) is 38.5 Å². The molecule has 2 fully saturated rings. The Morgan fingerprint density at radius 3 is 1.40 bits per heavy atom. The second kappa shape index (κ2) is 1.34. The van der Waals surface area contributed by atoms with E-state index in [0.29, 0.717) is 0 Å². The Labute approximate surface area is 62.3 Å². The molecule has 0 amide bonds. The van der Waals surface area contributed by atoms with E-state index in [4.69, 9.17) is 0 Å². The van der Waals surface area contributed by atoms with Crippen LogP contribution in [0.15, 0.2) is 12.2 Å². The zero-order chi connectivity index (χ0) is 6.66. The first kappa shape index (κ1) is 5.40. The van der Waals surface area contributed by atoms with Gasteiger partial charge in [-0.1, -0.05) is 12.2 Å². The quantitative estimate of drug-likeness (QED) is 0.447. The lowest BCUT2D eigenvalue weighted by Gasteiger charge is -2.27. The number of hydrogen-bond donors (Lipinski definition) is 0. The summed E-state index contributed by atoms with van der Waals surface area (Å²) >= 11 is 0. The van der Waals surface area contributed by atoms with Crippen LogP contribution in [-0.4, -0.2) is 0 Å². The van der Waals surface area contributed by atoms with Gasteiger partial charge in [-0.25, -0.2) is 0 Å². The highest BCUT2D eigenvalue weighted by molar-refractivity contribution is 5.21. The summed E-state index contributed by atoms with van der Waals surface area (Å²) in [7, 11) is 0. The Morgan fingerprint density at radius 1 is 0.700 bits per heavy atom. The van der Waals surface area contributed by atoms with Crippen LogP contribution in [0.1, 0.15) is 38.5 Å². The third-order valence-electron chi connectivity index (χ3n) is 4.02. The molecule has 0 aromatic heterocycles. The highest BCUT2D eigenvalue weighted by Crippen LogP contribution is 2.74. The van der Waals surface area contributed by atoms with Gasteiger partial charge in [0, 0.05) is 0 Å². The van der Waals surface area contributed by atoms with Gasteiger partial charge in [-0.15, -0.1) is 0 Å². The summed E-state index contributed by atoms with van der Waals surface area (Å²) in [5, 5.41) is 0. The van der Waals surface area contributed by atoms with Crippen molar-refractivity contribution in [2.75, 3.05) is 0 Å². The average molecular weight is 134 g/mol. The Balaban J connectivity index is 2.00. The molecule has 3 aliphatic carbocycles. The van der Waals surface area contributed by atoms with E-state index in [9.17, 15) is 0 Å². The summed E-state index contributed by atoms with van der Waals surface area (Å²) in [5.41, 5.74) is 1.70. The van der Waals surface area contributed by atoms with Gasteiger partial charge in [-0.2, -0.15) is 0 Å². The van der Waals surface area contributed by atoms with Crippen molar-refractivity contribution in [2.24, 2.45) is 10.8 Å². The van der Waals surface area contributed by atoms with Crippen LogP contribution in [0.3, 0.4) is 0 Å². The Bertz CT molecular complexity index is 170. The molecule has 2 saturated carbocycles. The van der Waals surface area contributed by atoms with Gasteiger partial charge in [0.05, 0.1) is 0 Å². The Morgan fingerprint density at radius 2 is 1.10 bits per heavy atom. The monoisotopic (exact) mass is 134 g/mol. The predicted octanol–water partition coefficient (Wildman–Crippen LogP) is 2.90. The van der Waals surface area contributed by atoms with Gasteiger partial charge in [0.2, 0.25) is 0 Å². The first-order valence-corrected chi connectivity index (χ1v) is 4.52. The molecule has 0 heteroatoms. The van der Waals surface area contributed by atoms with Crippen molar-refractivity contribution in [1.29, 1.82) is 0 Å². The molecular weight excluding hydrogens is 120 g/mol. The largest absolute Gasteiger partial charge is 0.0879 e. The van der Waals surface area contributed by atoms with Crippen molar-refractivity contribution in [2.45, 2.75) is 38.5 Å². The van der Waals surface area contributed by atoms with E-state index in [1.807, 2.05) is 0 Å². The van der Waals surface area contributed by atoms with Gasteiger partial charge in [0.15, 0.2) is 0 Å². The average Bonchev–Trinajstić information content (AvgIpc) is 2.72. The first-order chi connectivity index (χ1) is 4.87. The maximum absolute atomic E-state index is 2.41. The van der Waals surface area contributed by atoms with Crippen molar-refractivity contribution in [3.63, 3.8) is 0 Å². The number of allylic oxidation sites excluding steroid dienone is 2. The van der Waals surface area contributed by atoms with Crippen LogP contribution < -0.4 is 0 Å². The van der Waals surface area contributed by atoms with Gasteiger partial charge in [0.1, 0.15) is 0 Å². The molecule has 0 nitrogen and oxygen atoms in total. The smallest absolute Gasteiger partial charge is 0.0203 e. The lowest BCUT2D eigenvalue weighted by atomic mass is 9.77. The van der Waals surface area contributed by atoms with Crippen molar-refractivity contribution in [3.8, 4) is 0 Å². The lowest BCUT2D eigenvalue weighted by Crippen LogP contribution is -2.18. The standard InChI is InChI=1S/C10H14/c1-2-4-10(7-8-10)9(3-1)5-6-9/h1-2H,3-8H2. The molecule has 0 atom stereocenters. The zero-order valence-corrected chi connectivity index (χ0v) is 6.40. The van der Waals surface area contributed by atoms with Crippen molar-refractivity contribution >= 4 is 0 Å². The molecule has 3 aliphatic rings. The third-order valence-corrected chi connectivity index (χ3v) is 4.02. The van der Waals surface area contributed by atoms with Gasteiger partial charge >= 0.3 is 0 Å². The van der Waals surface area contributed by atoms with E-state index in [-0.39, 0.29) is 0 Å². The minimum absolute atomic E-state index is 0.849. The van der Waals surface area contributed by atoms with Crippen LogP contribution in [0, 0.1) is 10.8 Å². The fourth-order valence-electron chi connectivity index (χ4n) is 2.82. The molecule has 0 N–H and O–H groups in total. The summed E-state index contributed by atoms with van der Waals surface area (Å²) in [5.74, 6) is 0. The molecule has 10 heavy (non-hydrogen) atoms. The number of hydrogen-bond acceptors (Lipinski definition) is 0.